The zero-order valence-corrected chi connectivity index (χ0v) is 19.8. The van der Waals surface area contributed by atoms with Crippen LogP contribution in [0, 0.1) is 0 Å². The van der Waals surface area contributed by atoms with Crippen molar-refractivity contribution in [3.63, 3.8) is 0 Å². The molecule has 196 valence electrons. The number of benzene rings is 1. The number of aromatic hydroxyl groups is 1. The highest BCUT2D eigenvalue weighted by Gasteiger charge is 2.27. The second-order valence-corrected chi connectivity index (χ2v) is 8.28. The Morgan fingerprint density at radius 1 is 1.00 bits per heavy atom. The minimum absolute atomic E-state index is 0.00959. The number of hydrogen-bond acceptors (Lipinski definition) is 8. The molecule has 3 atom stereocenters. The van der Waals surface area contributed by atoms with Crippen molar-refractivity contribution in [3.05, 3.63) is 48.0 Å². The fourth-order valence-electron chi connectivity index (χ4n) is 3.35. The first-order valence-corrected chi connectivity index (χ1v) is 11.5. The Kier molecular flexibility index (Phi) is 11.3. The minimum atomic E-state index is -1.28. The van der Waals surface area contributed by atoms with Gasteiger partial charge in [-0.25, -0.2) is 9.78 Å². The number of unbranched alkanes of at least 4 members (excludes halogenated alkanes) is 1. The predicted molar refractivity (Wildman–Crippen MR) is 129 cm³/mol. The summed E-state index contributed by atoms with van der Waals surface area (Å²) < 4.78 is 0. The van der Waals surface area contributed by atoms with E-state index in [4.69, 9.17) is 11.5 Å². The average molecular weight is 504 g/mol. The number of nitrogens with zero attached hydrogens (tertiary/aromatic N) is 1. The number of imidazole rings is 1. The van der Waals surface area contributed by atoms with E-state index in [2.05, 4.69) is 25.9 Å². The third-order valence-corrected chi connectivity index (χ3v) is 5.35. The van der Waals surface area contributed by atoms with Crippen molar-refractivity contribution >= 4 is 23.7 Å². The van der Waals surface area contributed by atoms with Crippen LogP contribution < -0.4 is 27.4 Å². The summed E-state index contributed by atoms with van der Waals surface area (Å²) in [6.07, 6.45) is 4.68. The van der Waals surface area contributed by atoms with Gasteiger partial charge in [-0.2, -0.15) is 0 Å². The van der Waals surface area contributed by atoms with Gasteiger partial charge in [0.25, 0.3) is 0 Å². The maximum Gasteiger partial charge on any atom is 0.326 e. The lowest BCUT2D eigenvalue weighted by Crippen LogP contribution is -2.54. The highest BCUT2D eigenvalue weighted by molar-refractivity contribution is 5.92. The zero-order chi connectivity index (χ0) is 26.5. The SMILES string of the molecule is NCCCCC(N)C(=O)NCC(=O)NC(Cc1cnc[nH]1)C(=O)NC(Cc1ccc(O)cc1)C(=O)O. The summed E-state index contributed by atoms with van der Waals surface area (Å²) in [6, 6.07) is 2.70. The predicted octanol–water partition coefficient (Wildman–Crippen LogP) is -1.47. The molecule has 3 amide bonds. The number of amides is 3. The number of nitrogens with one attached hydrogen (secondary N) is 4. The molecule has 13 nitrogen and oxygen atoms in total. The molecule has 1 aromatic heterocycles. The van der Waals surface area contributed by atoms with Crippen LogP contribution in [0.5, 0.6) is 5.75 Å². The normalized spacial score (nSPS) is 13.3. The summed E-state index contributed by atoms with van der Waals surface area (Å²) in [5.74, 6) is -3.12. The summed E-state index contributed by atoms with van der Waals surface area (Å²) in [5.41, 5.74) is 12.4. The van der Waals surface area contributed by atoms with Crippen LogP contribution in [0.4, 0.5) is 0 Å². The molecule has 13 heteroatoms. The van der Waals surface area contributed by atoms with Crippen LogP contribution in [0.3, 0.4) is 0 Å². The number of aliphatic carboxylic acids is 1. The van der Waals surface area contributed by atoms with E-state index in [1.54, 1.807) is 12.1 Å². The Bertz CT molecular complexity index is 997. The number of carbonyl (C=O) groups is 4. The molecule has 2 rings (SSSR count). The third kappa shape index (κ3) is 9.72. The quantitative estimate of drug-likeness (QED) is 0.132. The second kappa shape index (κ2) is 14.4. The molecule has 0 aliphatic carbocycles. The van der Waals surface area contributed by atoms with Gasteiger partial charge in [-0.3, -0.25) is 14.4 Å². The lowest BCUT2D eigenvalue weighted by atomic mass is 10.0. The third-order valence-electron chi connectivity index (χ3n) is 5.35. The van der Waals surface area contributed by atoms with E-state index in [1.165, 1.54) is 24.7 Å². The molecule has 2 aromatic rings. The number of aromatic nitrogens is 2. The van der Waals surface area contributed by atoms with Crippen molar-refractivity contribution in [1.82, 2.24) is 25.9 Å². The Balaban J connectivity index is 2.00. The number of phenols is 1. The van der Waals surface area contributed by atoms with Crippen LogP contribution in [-0.2, 0) is 32.0 Å². The Morgan fingerprint density at radius 3 is 2.33 bits per heavy atom. The monoisotopic (exact) mass is 503 g/mol. The Hall–Kier alpha value is -3.97. The lowest BCUT2D eigenvalue weighted by molar-refractivity contribution is -0.142. The van der Waals surface area contributed by atoms with E-state index in [-0.39, 0.29) is 18.6 Å². The standard InChI is InChI=1S/C23H33N7O6/c24-8-2-1-3-17(25)21(33)27-12-20(32)29-18(10-15-11-26-13-28-15)22(34)30-19(23(35)36)9-14-4-6-16(31)7-5-14/h4-7,11,13,17-19,31H,1-3,8-10,12,24-25H2,(H,26,28)(H,27,33)(H,29,32)(H,30,34)(H,35,36). The molecule has 0 radical (unpaired) electrons. The van der Waals surface area contributed by atoms with Crippen molar-refractivity contribution in [1.29, 1.82) is 0 Å². The fraction of sp³-hybridized carbons (Fsp3) is 0.435. The van der Waals surface area contributed by atoms with Gasteiger partial charge in [0.2, 0.25) is 17.7 Å². The maximum absolute atomic E-state index is 13.0. The first-order valence-electron chi connectivity index (χ1n) is 11.5. The van der Waals surface area contributed by atoms with Crippen LogP contribution in [0.15, 0.2) is 36.8 Å². The lowest BCUT2D eigenvalue weighted by Gasteiger charge is -2.21. The highest BCUT2D eigenvalue weighted by atomic mass is 16.4. The highest BCUT2D eigenvalue weighted by Crippen LogP contribution is 2.12. The maximum atomic E-state index is 13.0. The van der Waals surface area contributed by atoms with Gasteiger partial charge in [0.05, 0.1) is 18.9 Å². The van der Waals surface area contributed by atoms with Gasteiger partial charge in [-0.15, -0.1) is 0 Å². The molecule has 10 N–H and O–H groups in total. The van der Waals surface area contributed by atoms with Gasteiger partial charge in [0.1, 0.15) is 17.8 Å². The van der Waals surface area contributed by atoms with Gasteiger partial charge in [0.15, 0.2) is 0 Å². The van der Waals surface area contributed by atoms with E-state index < -0.39 is 48.4 Å². The molecular formula is C23H33N7O6. The molecule has 0 bridgehead atoms. The van der Waals surface area contributed by atoms with Crippen molar-refractivity contribution in [2.75, 3.05) is 13.1 Å². The van der Waals surface area contributed by atoms with Gasteiger partial charge < -0.3 is 42.6 Å². The average Bonchev–Trinajstić information content (AvgIpc) is 3.36. The van der Waals surface area contributed by atoms with Crippen LogP contribution in [0.1, 0.15) is 30.5 Å². The number of hydrogen-bond donors (Lipinski definition) is 8. The number of carbonyl (C=O) groups excluding carboxylic acids is 3. The minimum Gasteiger partial charge on any atom is -0.508 e. The number of phenolic OH excluding ortho intramolecular Hbond substituents is 1. The summed E-state index contributed by atoms with van der Waals surface area (Å²) in [4.78, 5) is 56.1. The number of H-pyrrole nitrogens is 1. The number of rotatable bonds is 15. The van der Waals surface area contributed by atoms with Crippen molar-refractivity contribution in [3.8, 4) is 5.75 Å². The first kappa shape index (κ1) is 28.3. The molecule has 36 heavy (non-hydrogen) atoms. The first-order chi connectivity index (χ1) is 17.2. The van der Waals surface area contributed by atoms with Gasteiger partial charge >= 0.3 is 5.97 Å². The van der Waals surface area contributed by atoms with E-state index in [0.29, 0.717) is 30.6 Å². The number of carboxylic acids is 1. The smallest absolute Gasteiger partial charge is 0.326 e. The molecule has 0 fully saturated rings. The Morgan fingerprint density at radius 2 is 1.72 bits per heavy atom. The van der Waals surface area contributed by atoms with E-state index in [9.17, 15) is 29.4 Å². The van der Waals surface area contributed by atoms with Crippen molar-refractivity contribution in [2.45, 2.75) is 50.2 Å². The van der Waals surface area contributed by atoms with Crippen LogP contribution >= 0.6 is 0 Å². The molecule has 0 aliphatic heterocycles. The largest absolute Gasteiger partial charge is 0.508 e. The van der Waals surface area contributed by atoms with Gasteiger partial charge in [-0.05, 0) is 37.1 Å². The molecule has 1 aromatic carbocycles. The summed E-state index contributed by atoms with van der Waals surface area (Å²) in [6.45, 7) is 0.0836. The van der Waals surface area contributed by atoms with Crippen LogP contribution in [-0.4, -0.2) is 75.1 Å². The van der Waals surface area contributed by atoms with Gasteiger partial charge in [0, 0.05) is 24.7 Å². The van der Waals surface area contributed by atoms with E-state index in [0.717, 1.165) is 6.42 Å². The fourth-order valence-corrected chi connectivity index (χ4v) is 3.35. The summed E-state index contributed by atoms with van der Waals surface area (Å²) in [5, 5.41) is 26.4. The Labute approximate surface area is 208 Å². The number of aromatic amines is 1. The molecule has 1 heterocycles. The van der Waals surface area contributed by atoms with Crippen molar-refractivity contribution < 1.29 is 29.4 Å². The topological polar surface area (TPSA) is 226 Å². The van der Waals surface area contributed by atoms with Crippen molar-refractivity contribution in [2.24, 2.45) is 11.5 Å². The molecule has 0 saturated heterocycles. The summed E-state index contributed by atoms with van der Waals surface area (Å²) in [7, 11) is 0. The molecular weight excluding hydrogens is 470 g/mol. The number of nitrogens with two attached hydrogens (primary N) is 2. The number of carboxylic acid groups (broad SMARTS) is 1. The van der Waals surface area contributed by atoms with E-state index >= 15 is 0 Å². The molecule has 0 aliphatic rings. The van der Waals surface area contributed by atoms with Crippen LogP contribution in [0.25, 0.3) is 0 Å². The molecule has 0 saturated carbocycles. The zero-order valence-electron chi connectivity index (χ0n) is 19.8. The van der Waals surface area contributed by atoms with E-state index in [1.807, 2.05) is 0 Å². The summed E-state index contributed by atoms with van der Waals surface area (Å²) >= 11 is 0. The molecule has 3 unspecified atom stereocenters. The second-order valence-electron chi connectivity index (χ2n) is 8.28. The molecule has 0 spiro atoms. The van der Waals surface area contributed by atoms with Gasteiger partial charge in [-0.1, -0.05) is 18.6 Å². The van der Waals surface area contributed by atoms with Crippen LogP contribution in [0.2, 0.25) is 0 Å².